The van der Waals surface area contributed by atoms with Crippen molar-refractivity contribution in [3.05, 3.63) is 95.3 Å². The van der Waals surface area contributed by atoms with E-state index in [1.807, 2.05) is 0 Å². The second kappa shape index (κ2) is 9.76. The fourth-order valence-corrected chi connectivity index (χ4v) is 4.41. The number of hydrogen-bond donors (Lipinski definition) is 1. The van der Waals surface area contributed by atoms with E-state index in [2.05, 4.69) is 4.98 Å². The largest absolute Gasteiger partial charge is 0.478 e. The van der Waals surface area contributed by atoms with Gasteiger partial charge in [-0.3, -0.25) is 4.98 Å². The van der Waals surface area contributed by atoms with E-state index < -0.39 is 22.4 Å². The van der Waals surface area contributed by atoms with Gasteiger partial charge in [0.05, 0.1) is 10.5 Å². The molecule has 3 aromatic rings. The van der Waals surface area contributed by atoms with E-state index in [9.17, 15) is 22.0 Å². The molecule has 0 spiro atoms. The minimum Gasteiger partial charge on any atom is -0.478 e. The van der Waals surface area contributed by atoms with Gasteiger partial charge in [-0.15, -0.1) is 0 Å². The van der Waals surface area contributed by atoms with Crippen molar-refractivity contribution in [3.63, 3.8) is 0 Å². The number of halogens is 2. The lowest BCUT2D eigenvalue weighted by Crippen LogP contribution is -2.32. The Balaban J connectivity index is 1.88. The number of sulfonamides is 1. The van der Waals surface area contributed by atoms with E-state index in [0.717, 1.165) is 17.7 Å². The summed E-state index contributed by atoms with van der Waals surface area (Å²) in [5.41, 5.74) is 1.33. The van der Waals surface area contributed by atoms with Gasteiger partial charge in [0.2, 0.25) is 10.0 Å². The number of carbonyl (C=O) groups is 1. The van der Waals surface area contributed by atoms with Crippen molar-refractivity contribution in [1.82, 2.24) is 9.29 Å². The maximum absolute atomic E-state index is 13.2. The smallest absolute Gasteiger partial charge is 0.335 e. The molecule has 0 aliphatic heterocycles. The zero-order valence-electron chi connectivity index (χ0n) is 16.4. The zero-order chi connectivity index (χ0) is 22.4. The highest BCUT2D eigenvalue weighted by molar-refractivity contribution is 7.89. The van der Waals surface area contributed by atoms with Crippen LogP contribution in [0.4, 0.5) is 8.78 Å². The third kappa shape index (κ3) is 5.71. The van der Waals surface area contributed by atoms with E-state index in [4.69, 9.17) is 5.11 Å². The Hall–Kier alpha value is -3.17. The first kappa shape index (κ1) is 22.5. The van der Waals surface area contributed by atoms with Gasteiger partial charge in [-0.2, -0.15) is 4.31 Å². The SMILES string of the molecule is O=C(O)c1ccc(CN(CCc2ccncc2)S(=O)(=O)c2ccc(C(F)F)cc2)cc1. The number of pyridine rings is 1. The molecular weight excluding hydrogens is 426 g/mol. The van der Waals surface area contributed by atoms with Crippen molar-refractivity contribution in [1.29, 1.82) is 0 Å². The number of alkyl halides is 2. The normalized spacial score (nSPS) is 11.7. The molecule has 1 N–H and O–H groups in total. The van der Waals surface area contributed by atoms with Crippen molar-refractivity contribution in [2.24, 2.45) is 0 Å². The van der Waals surface area contributed by atoms with Gasteiger partial charge in [0.1, 0.15) is 0 Å². The van der Waals surface area contributed by atoms with Crippen molar-refractivity contribution >= 4 is 16.0 Å². The van der Waals surface area contributed by atoms with E-state index in [-0.39, 0.29) is 29.1 Å². The molecule has 0 aliphatic carbocycles. The van der Waals surface area contributed by atoms with Crippen molar-refractivity contribution in [2.45, 2.75) is 24.3 Å². The molecule has 162 valence electrons. The molecule has 9 heteroatoms. The minimum absolute atomic E-state index is 0.00388. The average Bonchev–Trinajstić information content (AvgIpc) is 2.77. The maximum Gasteiger partial charge on any atom is 0.335 e. The summed E-state index contributed by atoms with van der Waals surface area (Å²) >= 11 is 0. The molecule has 0 fully saturated rings. The summed E-state index contributed by atoms with van der Waals surface area (Å²) in [6.07, 6.45) is 0.959. The molecule has 0 atom stereocenters. The first-order valence-corrected chi connectivity index (χ1v) is 10.8. The van der Waals surface area contributed by atoms with Crippen LogP contribution in [0.1, 0.15) is 33.5 Å². The van der Waals surface area contributed by atoms with Crippen molar-refractivity contribution in [2.75, 3.05) is 6.54 Å². The first-order chi connectivity index (χ1) is 14.8. The molecule has 0 unspecified atom stereocenters. The van der Waals surface area contributed by atoms with Crippen LogP contribution >= 0.6 is 0 Å². The summed E-state index contributed by atoms with van der Waals surface area (Å²) in [4.78, 5) is 14.9. The van der Waals surface area contributed by atoms with Gasteiger partial charge in [0, 0.05) is 31.0 Å². The number of aromatic carboxylic acids is 1. The van der Waals surface area contributed by atoms with Crippen molar-refractivity contribution < 1.29 is 27.1 Å². The van der Waals surface area contributed by atoms with Crippen LogP contribution in [0.2, 0.25) is 0 Å². The Morgan fingerprint density at radius 1 is 0.935 bits per heavy atom. The number of hydrogen-bond acceptors (Lipinski definition) is 4. The highest BCUT2D eigenvalue weighted by Gasteiger charge is 2.25. The van der Waals surface area contributed by atoms with Crippen LogP contribution in [0.5, 0.6) is 0 Å². The van der Waals surface area contributed by atoms with Gasteiger partial charge < -0.3 is 5.11 Å². The Morgan fingerprint density at radius 3 is 2.10 bits per heavy atom. The van der Waals surface area contributed by atoms with E-state index in [1.54, 1.807) is 36.7 Å². The number of rotatable bonds is 9. The van der Waals surface area contributed by atoms with Gasteiger partial charge in [-0.1, -0.05) is 24.3 Å². The van der Waals surface area contributed by atoms with E-state index >= 15 is 0 Å². The van der Waals surface area contributed by atoms with E-state index in [1.165, 1.54) is 28.6 Å². The summed E-state index contributed by atoms with van der Waals surface area (Å²) in [6, 6.07) is 14.0. The fourth-order valence-electron chi connectivity index (χ4n) is 2.98. The number of aromatic nitrogens is 1. The summed E-state index contributed by atoms with van der Waals surface area (Å²) in [5, 5.41) is 9.04. The molecule has 1 aromatic heterocycles. The average molecular weight is 446 g/mol. The third-order valence-corrected chi connectivity index (χ3v) is 6.59. The van der Waals surface area contributed by atoms with Crippen LogP contribution in [0.25, 0.3) is 0 Å². The van der Waals surface area contributed by atoms with Gasteiger partial charge in [-0.25, -0.2) is 22.0 Å². The van der Waals surface area contributed by atoms with Crippen LogP contribution < -0.4 is 0 Å². The number of nitrogens with zero attached hydrogens (tertiary/aromatic N) is 2. The minimum atomic E-state index is -3.98. The van der Waals surface area contributed by atoms with Crippen LogP contribution in [0.15, 0.2) is 78.0 Å². The number of benzene rings is 2. The zero-order valence-corrected chi connectivity index (χ0v) is 17.2. The molecule has 0 aliphatic rings. The lowest BCUT2D eigenvalue weighted by Gasteiger charge is -2.23. The Kier molecular flexibility index (Phi) is 7.09. The Labute approximate surface area is 178 Å². The monoisotopic (exact) mass is 446 g/mol. The van der Waals surface area contributed by atoms with E-state index in [0.29, 0.717) is 12.0 Å². The second-order valence-electron chi connectivity index (χ2n) is 6.82. The van der Waals surface area contributed by atoms with Gasteiger partial charge >= 0.3 is 5.97 Å². The number of carboxylic acids is 1. The summed E-state index contributed by atoms with van der Waals surface area (Å²) in [7, 11) is -3.98. The quantitative estimate of drug-likeness (QED) is 0.534. The molecule has 0 bridgehead atoms. The lowest BCUT2D eigenvalue weighted by atomic mass is 10.1. The molecule has 1 heterocycles. The molecular formula is C22H20F2N2O4S. The Morgan fingerprint density at radius 2 is 1.55 bits per heavy atom. The summed E-state index contributed by atoms with van der Waals surface area (Å²) in [6.45, 7) is 0.146. The first-order valence-electron chi connectivity index (χ1n) is 9.37. The molecule has 0 amide bonds. The molecule has 6 nitrogen and oxygen atoms in total. The van der Waals surface area contributed by atoms with Crippen LogP contribution in [0.3, 0.4) is 0 Å². The third-order valence-electron chi connectivity index (χ3n) is 4.73. The summed E-state index contributed by atoms with van der Waals surface area (Å²) in [5.74, 6) is -1.08. The van der Waals surface area contributed by atoms with Crippen LogP contribution in [0, 0.1) is 0 Å². The fraction of sp³-hybridized carbons (Fsp3) is 0.182. The topological polar surface area (TPSA) is 87.6 Å². The summed E-state index contributed by atoms with van der Waals surface area (Å²) < 4.78 is 53.4. The Bertz CT molecular complexity index is 1120. The van der Waals surface area contributed by atoms with Crippen molar-refractivity contribution in [3.8, 4) is 0 Å². The predicted molar refractivity (Wildman–Crippen MR) is 110 cm³/mol. The lowest BCUT2D eigenvalue weighted by molar-refractivity contribution is 0.0696. The maximum atomic E-state index is 13.2. The highest BCUT2D eigenvalue weighted by Crippen LogP contribution is 2.24. The molecule has 0 radical (unpaired) electrons. The number of carboxylic acid groups (broad SMARTS) is 1. The molecule has 3 rings (SSSR count). The van der Waals surface area contributed by atoms with Crippen LogP contribution in [-0.2, 0) is 23.0 Å². The van der Waals surface area contributed by atoms with Gasteiger partial charge in [-0.05, 0) is 53.9 Å². The molecule has 2 aromatic carbocycles. The standard InChI is InChI=1S/C22H20F2N2O4S/c23-21(24)18-5-7-20(8-6-18)31(29,30)26(14-11-16-9-12-25-13-10-16)15-17-1-3-19(4-2-17)22(27)28/h1-10,12-13,21H,11,14-15H2,(H,27,28). The van der Waals surface area contributed by atoms with Gasteiger partial charge in [0.15, 0.2) is 0 Å². The molecule has 31 heavy (non-hydrogen) atoms. The second-order valence-corrected chi connectivity index (χ2v) is 8.75. The van der Waals surface area contributed by atoms with Crippen LogP contribution in [-0.4, -0.2) is 35.3 Å². The highest BCUT2D eigenvalue weighted by atomic mass is 32.2. The van der Waals surface area contributed by atoms with Gasteiger partial charge in [0.25, 0.3) is 6.43 Å². The molecule has 0 saturated carbocycles. The predicted octanol–water partition coefficient (Wildman–Crippen LogP) is 4.15. The molecule has 0 saturated heterocycles.